The number of nitrogens with zero attached hydrogens (tertiary/aromatic N) is 1. The summed E-state index contributed by atoms with van der Waals surface area (Å²) in [6.07, 6.45) is 6.66. The number of hydrogen-bond acceptors (Lipinski definition) is 5. The minimum absolute atomic E-state index is 0.212. The number of anilines is 3. The van der Waals surface area contributed by atoms with Crippen molar-refractivity contribution in [1.29, 1.82) is 5.41 Å². The smallest absolute Gasteiger partial charge is 0.261 e. The van der Waals surface area contributed by atoms with Crippen molar-refractivity contribution in [3.63, 3.8) is 0 Å². The van der Waals surface area contributed by atoms with Crippen molar-refractivity contribution in [2.24, 2.45) is 5.92 Å². The summed E-state index contributed by atoms with van der Waals surface area (Å²) in [7, 11) is 0. The predicted octanol–water partition coefficient (Wildman–Crippen LogP) is 2.83. The van der Waals surface area contributed by atoms with Gasteiger partial charge in [0, 0.05) is 12.6 Å². The molecule has 0 amide bonds. The Labute approximate surface area is 134 Å². The molecule has 6 nitrogen and oxygen atoms in total. The van der Waals surface area contributed by atoms with Crippen LogP contribution in [-0.2, 0) is 6.42 Å². The van der Waals surface area contributed by atoms with Crippen LogP contribution in [0.4, 0.5) is 17.2 Å². The van der Waals surface area contributed by atoms with Crippen LogP contribution in [0, 0.1) is 11.3 Å². The first-order valence-electron chi connectivity index (χ1n) is 7.92. The quantitative estimate of drug-likeness (QED) is 0.503. The molecule has 1 heterocycles. The molecule has 0 bridgehead atoms. The van der Waals surface area contributed by atoms with Crippen molar-refractivity contribution >= 4 is 23.4 Å². The van der Waals surface area contributed by atoms with Gasteiger partial charge in [0.25, 0.3) is 5.56 Å². The number of nitrogens with one attached hydrogen (secondary N) is 3. The lowest BCUT2D eigenvalue weighted by Gasteiger charge is -2.13. The van der Waals surface area contributed by atoms with Gasteiger partial charge in [-0.25, -0.2) is 4.98 Å². The molecule has 6 heteroatoms. The molecule has 1 fully saturated rings. The first-order valence-corrected chi connectivity index (χ1v) is 7.92. The highest BCUT2D eigenvalue weighted by Gasteiger charge is 2.18. The van der Waals surface area contributed by atoms with E-state index in [0.717, 1.165) is 12.6 Å². The summed E-state index contributed by atoms with van der Waals surface area (Å²) >= 11 is 0. The van der Waals surface area contributed by atoms with Crippen molar-refractivity contribution in [2.75, 3.05) is 11.1 Å². The van der Waals surface area contributed by atoms with E-state index in [1.54, 1.807) is 6.07 Å². The Morgan fingerprint density at radius 3 is 2.78 bits per heavy atom. The fraction of sp³-hybridized carbons (Fsp3) is 0.353. The number of nitrogens with two attached hydrogens (primary N) is 1. The van der Waals surface area contributed by atoms with Gasteiger partial charge in [-0.05, 0) is 18.1 Å². The van der Waals surface area contributed by atoms with Crippen LogP contribution in [0.25, 0.3) is 0 Å². The minimum atomic E-state index is -0.292. The van der Waals surface area contributed by atoms with Crippen molar-refractivity contribution in [1.82, 2.24) is 9.97 Å². The summed E-state index contributed by atoms with van der Waals surface area (Å²) in [6, 6.07) is 7.30. The van der Waals surface area contributed by atoms with E-state index in [2.05, 4.69) is 15.3 Å². The molecule has 3 rings (SSSR count). The third kappa shape index (κ3) is 3.41. The summed E-state index contributed by atoms with van der Waals surface area (Å²) in [5.74, 6) is 1.64. The Kier molecular flexibility index (Phi) is 4.41. The van der Waals surface area contributed by atoms with Crippen molar-refractivity contribution in [3.8, 4) is 0 Å². The van der Waals surface area contributed by atoms with Gasteiger partial charge in [-0.1, -0.05) is 37.8 Å². The molecular weight excluding hydrogens is 290 g/mol. The van der Waals surface area contributed by atoms with Gasteiger partial charge >= 0.3 is 0 Å². The largest absolute Gasteiger partial charge is 0.397 e. The molecule has 23 heavy (non-hydrogen) atoms. The molecule has 1 aliphatic carbocycles. The van der Waals surface area contributed by atoms with Gasteiger partial charge in [0.1, 0.15) is 11.6 Å². The molecule has 1 aromatic heterocycles. The summed E-state index contributed by atoms with van der Waals surface area (Å²) in [5, 5.41) is 10.6. The molecule has 1 saturated carbocycles. The third-order valence-electron chi connectivity index (χ3n) is 4.32. The van der Waals surface area contributed by atoms with Crippen molar-refractivity contribution in [3.05, 3.63) is 46.0 Å². The molecular formula is C17H21N5O. The SMILES string of the molecule is N=Cc1c(Nc2ccccc2N)nc(CC2CCCC2)[nH]c1=O. The van der Waals surface area contributed by atoms with Gasteiger partial charge in [-0.3, -0.25) is 4.79 Å². The molecule has 1 aromatic carbocycles. The lowest BCUT2D eigenvalue weighted by molar-refractivity contribution is 0.529. The van der Waals surface area contributed by atoms with E-state index in [9.17, 15) is 4.79 Å². The highest BCUT2D eigenvalue weighted by atomic mass is 16.1. The summed E-state index contributed by atoms with van der Waals surface area (Å²) in [5.41, 5.74) is 7.11. The number of benzene rings is 1. The van der Waals surface area contributed by atoms with Crippen LogP contribution < -0.4 is 16.6 Å². The second-order valence-corrected chi connectivity index (χ2v) is 5.99. The Balaban J connectivity index is 1.93. The molecule has 120 valence electrons. The second-order valence-electron chi connectivity index (χ2n) is 5.99. The number of H-pyrrole nitrogens is 1. The molecule has 0 aliphatic heterocycles. The maximum absolute atomic E-state index is 12.2. The lowest BCUT2D eigenvalue weighted by atomic mass is 10.0. The molecule has 0 saturated heterocycles. The molecule has 2 aromatic rings. The molecule has 1 aliphatic rings. The van der Waals surface area contributed by atoms with Crippen LogP contribution in [-0.4, -0.2) is 16.2 Å². The number of rotatable bonds is 5. The van der Waals surface area contributed by atoms with E-state index in [-0.39, 0.29) is 11.1 Å². The zero-order chi connectivity index (χ0) is 16.2. The van der Waals surface area contributed by atoms with E-state index in [0.29, 0.717) is 28.9 Å². The molecule has 0 atom stereocenters. The minimum Gasteiger partial charge on any atom is -0.397 e. The van der Waals surface area contributed by atoms with Crippen LogP contribution in [0.5, 0.6) is 0 Å². The summed E-state index contributed by atoms with van der Waals surface area (Å²) in [6.45, 7) is 0. The Bertz CT molecular complexity index is 762. The lowest BCUT2D eigenvalue weighted by Crippen LogP contribution is -2.20. The Morgan fingerprint density at radius 1 is 1.35 bits per heavy atom. The zero-order valence-corrected chi connectivity index (χ0v) is 12.9. The van der Waals surface area contributed by atoms with Crippen LogP contribution in [0.15, 0.2) is 29.1 Å². The maximum atomic E-state index is 12.2. The fourth-order valence-electron chi connectivity index (χ4n) is 3.08. The first-order chi connectivity index (χ1) is 11.2. The number of aromatic amines is 1. The third-order valence-corrected chi connectivity index (χ3v) is 4.32. The van der Waals surface area contributed by atoms with Gasteiger partial charge in [0.15, 0.2) is 0 Å². The second kappa shape index (κ2) is 6.64. The molecule has 0 radical (unpaired) electrons. The Hall–Kier alpha value is -2.63. The van der Waals surface area contributed by atoms with Crippen LogP contribution in [0.1, 0.15) is 37.1 Å². The van der Waals surface area contributed by atoms with Gasteiger partial charge < -0.3 is 21.4 Å². The normalized spacial score (nSPS) is 14.8. The van der Waals surface area contributed by atoms with E-state index in [1.165, 1.54) is 25.7 Å². The maximum Gasteiger partial charge on any atom is 0.261 e. The molecule has 5 N–H and O–H groups in total. The topological polar surface area (TPSA) is 108 Å². The average molecular weight is 311 g/mol. The van der Waals surface area contributed by atoms with Crippen LogP contribution in [0.3, 0.4) is 0 Å². The first kappa shape index (κ1) is 15.3. The van der Waals surface area contributed by atoms with Crippen LogP contribution in [0.2, 0.25) is 0 Å². The Morgan fingerprint density at radius 2 is 2.09 bits per heavy atom. The van der Waals surface area contributed by atoms with E-state index in [4.69, 9.17) is 11.1 Å². The zero-order valence-electron chi connectivity index (χ0n) is 12.9. The van der Waals surface area contributed by atoms with Gasteiger partial charge in [-0.2, -0.15) is 0 Å². The average Bonchev–Trinajstić information content (AvgIpc) is 3.02. The summed E-state index contributed by atoms with van der Waals surface area (Å²) in [4.78, 5) is 19.6. The summed E-state index contributed by atoms with van der Waals surface area (Å²) < 4.78 is 0. The molecule has 0 unspecified atom stereocenters. The highest BCUT2D eigenvalue weighted by molar-refractivity contribution is 5.86. The van der Waals surface area contributed by atoms with Crippen LogP contribution >= 0.6 is 0 Å². The predicted molar refractivity (Wildman–Crippen MR) is 92.5 cm³/mol. The van der Waals surface area contributed by atoms with E-state index < -0.39 is 0 Å². The van der Waals surface area contributed by atoms with E-state index >= 15 is 0 Å². The van der Waals surface area contributed by atoms with Gasteiger partial charge in [0.05, 0.1) is 16.9 Å². The number of hydrogen-bond donors (Lipinski definition) is 4. The monoisotopic (exact) mass is 311 g/mol. The number of aromatic nitrogens is 2. The number of nitrogen functional groups attached to an aromatic ring is 1. The number of para-hydroxylation sites is 2. The highest BCUT2D eigenvalue weighted by Crippen LogP contribution is 2.28. The van der Waals surface area contributed by atoms with Gasteiger partial charge in [0.2, 0.25) is 0 Å². The van der Waals surface area contributed by atoms with Crippen molar-refractivity contribution < 1.29 is 0 Å². The molecule has 0 spiro atoms. The van der Waals surface area contributed by atoms with Gasteiger partial charge in [-0.15, -0.1) is 0 Å². The van der Waals surface area contributed by atoms with E-state index in [1.807, 2.05) is 18.2 Å². The standard InChI is InChI=1S/C17H21N5O/c18-10-12-16(20-14-8-4-3-7-13(14)19)21-15(22-17(12)23)9-11-5-1-2-6-11/h3-4,7-8,10-11,18H,1-2,5-6,9,19H2,(H2,20,21,22,23). The van der Waals surface area contributed by atoms with Crippen molar-refractivity contribution in [2.45, 2.75) is 32.1 Å². The fourth-order valence-corrected chi connectivity index (χ4v) is 3.08.